The molecule has 0 unspecified atom stereocenters. The molecule has 0 atom stereocenters. The lowest BCUT2D eigenvalue weighted by Crippen LogP contribution is -2.24. The van der Waals surface area contributed by atoms with Gasteiger partial charge in [0.15, 0.2) is 0 Å². The van der Waals surface area contributed by atoms with Crippen molar-refractivity contribution < 1.29 is 19.4 Å². The summed E-state index contributed by atoms with van der Waals surface area (Å²) < 4.78 is 5.78. The first-order valence-corrected chi connectivity index (χ1v) is 12.9. The van der Waals surface area contributed by atoms with E-state index in [-0.39, 0.29) is 18.9 Å². The van der Waals surface area contributed by atoms with Crippen LogP contribution in [-0.4, -0.2) is 30.6 Å². The summed E-state index contributed by atoms with van der Waals surface area (Å²) in [5, 5.41) is 8.83. The molecular formula is C32H37NO4. The maximum absolute atomic E-state index is 13.1. The van der Waals surface area contributed by atoms with Crippen molar-refractivity contribution in [1.82, 2.24) is 0 Å². The highest BCUT2D eigenvalue weighted by atomic mass is 16.5. The van der Waals surface area contributed by atoms with E-state index in [1.54, 1.807) is 24.1 Å². The number of para-hydroxylation sites is 2. The number of aliphatic carboxylic acids is 1. The summed E-state index contributed by atoms with van der Waals surface area (Å²) in [6.07, 6.45) is 7.29. The third-order valence-corrected chi connectivity index (χ3v) is 6.20. The van der Waals surface area contributed by atoms with E-state index in [1.807, 2.05) is 42.5 Å². The lowest BCUT2D eigenvalue weighted by atomic mass is 9.94. The number of amides is 1. The molecule has 0 aliphatic rings. The predicted octanol–water partition coefficient (Wildman–Crippen LogP) is 7.25. The molecule has 0 bridgehead atoms. The molecule has 3 aromatic carbocycles. The fraction of sp³-hybridized carbons (Fsp3) is 0.312. The lowest BCUT2D eigenvalue weighted by molar-refractivity contribution is -0.137. The van der Waals surface area contributed by atoms with E-state index in [1.165, 1.54) is 12.0 Å². The predicted molar refractivity (Wildman–Crippen MR) is 151 cm³/mol. The molecule has 3 aromatic rings. The molecule has 0 saturated carbocycles. The van der Waals surface area contributed by atoms with Crippen molar-refractivity contribution in [3.8, 4) is 16.9 Å². The number of hydrogen-bond donors (Lipinski definition) is 1. The van der Waals surface area contributed by atoms with E-state index in [9.17, 15) is 9.59 Å². The molecule has 1 amide bonds. The zero-order valence-corrected chi connectivity index (χ0v) is 22.0. The second-order valence-electron chi connectivity index (χ2n) is 9.62. The summed E-state index contributed by atoms with van der Waals surface area (Å²) in [4.78, 5) is 25.4. The van der Waals surface area contributed by atoms with Crippen LogP contribution in [0.5, 0.6) is 5.75 Å². The summed E-state index contributed by atoms with van der Waals surface area (Å²) in [5.41, 5.74) is 5.15. The van der Waals surface area contributed by atoms with Crippen molar-refractivity contribution >= 4 is 23.6 Å². The smallest absolute Gasteiger partial charge is 0.303 e. The first-order chi connectivity index (χ1) is 17.8. The third-order valence-electron chi connectivity index (χ3n) is 6.20. The van der Waals surface area contributed by atoms with Gasteiger partial charge in [-0.05, 0) is 65.6 Å². The minimum Gasteiger partial charge on any atom is -0.491 e. The van der Waals surface area contributed by atoms with Crippen LogP contribution in [0.3, 0.4) is 0 Å². The second kappa shape index (κ2) is 14.0. The van der Waals surface area contributed by atoms with Crippen LogP contribution < -0.4 is 9.64 Å². The van der Waals surface area contributed by atoms with Crippen molar-refractivity contribution in [3.05, 3.63) is 90.0 Å². The van der Waals surface area contributed by atoms with Crippen LogP contribution in [0.4, 0.5) is 5.69 Å². The van der Waals surface area contributed by atoms with E-state index in [0.29, 0.717) is 23.8 Å². The Labute approximate surface area is 220 Å². The Morgan fingerprint density at radius 2 is 1.70 bits per heavy atom. The Hall–Kier alpha value is -3.86. The van der Waals surface area contributed by atoms with E-state index >= 15 is 0 Å². The van der Waals surface area contributed by atoms with E-state index in [2.05, 4.69) is 44.2 Å². The quantitative estimate of drug-likeness (QED) is 0.199. The number of aryl methyl sites for hydroxylation is 1. The highest BCUT2D eigenvalue weighted by Gasteiger charge is 2.14. The van der Waals surface area contributed by atoms with E-state index in [4.69, 9.17) is 9.84 Å². The Morgan fingerprint density at radius 3 is 2.43 bits per heavy atom. The standard InChI is InChI=1S/C32H37NO4/c1-24(2)11-9-12-25-18-19-27(28(23-25)26-13-5-4-6-14-26)20-21-31(34)33(3)29-15-7-8-16-30(29)37-22-10-17-32(35)36/h4-8,13-16,18-21,23-24H,9-12,17,22H2,1-3H3,(H,35,36). The van der Waals surface area contributed by atoms with Gasteiger partial charge in [-0.1, -0.05) is 80.9 Å². The molecule has 1 N–H and O–H groups in total. The van der Waals surface area contributed by atoms with Crippen molar-refractivity contribution in [2.24, 2.45) is 5.92 Å². The molecule has 37 heavy (non-hydrogen) atoms. The molecule has 0 aromatic heterocycles. The molecule has 0 radical (unpaired) electrons. The van der Waals surface area contributed by atoms with E-state index < -0.39 is 5.97 Å². The number of carboxylic acid groups (broad SMARTS) is 1. The number of carbonyl (C=O) groups is 2. The van der Waals surface area contributed by atoms with Crippen LogP contribution in [0.15, 0.2) is 78.9 Å². The van der Waals surface area contributed by atoms with Gasteiger partial charge in [-0.15, -0.1) is 0 Å². The number of carbonyl (C=O) groups excluding carboxylic acids is 1. The van der Waals surface area contributed by atoms with Crippen LogP contribution in [0.1, 0.15) is 50.7 Å². The van der Waals surface area contributed by atoms with Crippen molar-refractivity contribution in [2.45, 2.75) is 46.0 Å². The van der Waals surface area contributed by atoms with E-state index in [0.717, 1.165) is 29.5 Å². The maximum atomic E-state index is 13.1. The Bertz CT molecular complexity index is 1200. The number of rotatable bonds is 13. The average Bonchev–Trinajstić information content (AvgIpc) is 2.90. The molecule has 0 heterocycles. The molecule has 5 heteroatoms. The van der Waals surface area contributed by atoms with Gasteiger partial charge < -0.3 is 14.7 Å². The first kappa shape index (κ1) is 27.7. The molecule has 194 valence electrons. The van der Waals surface area contributed by atoms with Gasteiger partial charge in [0.1, 0.15) is 5.75 Å². The van der Waals surface area contributed by atoms with Crippen LogP contribution in [0, 0.1) is 5.92 Å². The summed E-state index contributed by atoms with van der Waals surface area (Å²) in [7, 11) is 1.71. The maximum Gasteiger partial charge on any atom is 0.303 e. The molecule has 0 saturated heterocycles. The Kier molecular flexibility index (Phi) is 10.5. The highest BCUT2D eigenvalue weighted by molar-refractivity contribution is 6.04. The fourth-order valence-corrected chi connectivity index (χ4v) is 4.14. The summed E-state index contributed by atoms with van der Waals surface area (Å²) >= 11 is 0. The lowest BCUT2D eigenvalue weighted by Gasteiger charge is -2.19. The normalized spacial score (nSPS) is 11.1. The second-order valence-corrected chi connectivity index (χ2v) is 9.62. The van der Waals surface area contributed by atoms with Gasteiger partial charge in [0.25, 0.3) is 5.91 Å². The largest absolute Gasteiger partial charge is 0.491 e. The number of nitrogens with zero attached hydrogens (tertiary/aromatic N) is 1. The highest BCUT2D eigenvalue weighted by Crippen LogP contribution is 2.29. The fourth-order valence-electron chi connectivity index (χ4n) is 4.14. The van der Waals surface area contributed by atoms with Gasteiger partial charge in [-0.25, -0.2) is 0 Å². The first-order valence-electron chi connectivity index (χ1n) is 12.9. The molecular weight excluding hydrogens is 462 g/mol. The summed E-state index contributed by atoms with van der Waals surface area (Å²) in [5.74, 6) is 0.210. The number of anilines is 1. The van der Waals surface area contributed by atoms with Crippen molar-refractivity contribution in [2.75, 3.05) is 18.6 Å². The summed E-state index contributed by atoms with van der Waals surface area (Å²) in [6.45, 7) is 4.77. The number of carboxylic acids is 1. The van der Waals surface area contributed by atoms with Gasteiger partial charge in [0, 0.05) is 19.5 Å². The Balaban J connectivity index is 1.78. The summed E-state index contributed by atoms with van der Waals surface area (Å²) in [6, 6.07) is 24.0. The van der Waals surface area contributed by atoms with Crippen LogP contribution >= 0.6 is 0 Å². The zero-order valence-electron chi connectivity index (χ0n) is 22.0. The number of ether oxygens (including phenoxy) is 1. The van der Waals surface area contributed by atoms with Gasteiger partial charge in [-0.3, -0.25) is 9.59 Å². The Morgan fingerprint density at radius 1 is 0.973 bits per heavy atom. The molecule has 0 aliphatic carbocycles. The van der Waals surface area contributed by atoms with Crippen LogP contribution in [0.2, 0.25) is 0 Å². The topological polar surface area (TPSA) is 66.8 Å². The zero-order chi connectivity index (χ0) is 26.6. The minimum absolute atomic E-state index is 0.0416. The number of benzene rings is 3. The molecule has 0 aliphatic heterocycles. The van der Waals surface area contributed by atoms with Crippen molar-refractivity contribution in [1.29, 1.82) is 0 Å². The van der Waals surface area contributed by atoms with Crippen LogP contribution in [-0.2, 0) is 16.0 Å². The monoisotopic (exact) mass is 499 g/mol. The minimum atomic E-state index is -0.854. The number of hydrogen-bond acceptors (Lipinski definition) is 3. The molecule has 0 spiro atoms. The number of likely N-dealkylation sites (N-methyl/N-ethyl adjacent to an activating group) is 1. The van der Waals surface area contributed by atoms with Gasteiger partial charge in [-0.2, -0.15) is 0 Å². The molecule has 3 rings (SSSR count). The van der Waals surface area contributed by atoms with Gasteiger partial charge >= 0.3 is 5.97 Å². The third kappa shape index (κ3) is 8.64. The van der Waals surface area contributed by atoms with Crippen LogP contribution in [0.25, 0.3) is 17.2 Å². The van der Waals surface area contributed by atoms with Crippen molar-refractivity contribution in [3.63, 3.8) is 0 Å². The van der Waals surface area contributed by atoms with Gasteiger partial charge in [0.05, 0.1) is 12.3 Å². The SMILES string of the molecule is CC(C)CCCc1ccc(C=CC(=O)N(C)c2ccccc2OCCCC(=O)O)c(-c2ccccc2)c1. The molecule has 0 fully saturated rings. The van der Waals surface area contributed by atoms with Gasteiger partial charge in [0.2, 0.25) is 0 Å². The molecule has 5 nitrogen and oxygen atoms in total. The average molecular weight is 500 g/mol.